The minimum Gasteiger partial charge on any atom is -0.354 e. The van der Waals surface area contributed by atoms with E-state index in [9.17, 15) is 4.79 Å². The summed E-state index contributed by atoms with van der Waals surface area (Å²) in [5.74, 6) is 1.40. The minimum absolute atomic E-state index is 0.0184. The average molecular weight is 377 g/mol. The van der Waals surface area contributed by atoms with Crippen molar-refractivity contribution in [3.63, 3.8) is 0 Å². The normalized spacial score (nSPS) is 16.8. The van der Waals surface area contributed by atoms with E-state index in [1.54, 1.807) is 17.1 Å². The van der Waals surface area contributed by atoms with Crippen molar-refractivity contribution in [2.45, 2.75) is 26.7 Å². The number of rotatable bonds is 4. The zero-order valence-corrected chi connectivity index (χ0v) is 16.0. The summed E-state index contributed by atoms with van der Waals surface area (Å²) in [6, 6.07) is 9.52. The minimum atomic E-state index is -0.0913. The number of nitrogens with zero attached hydrogens (tertiary/aromatic N) is 6. The van der Waals surface area contributed by atoms with Crippen LogP contribution in [-0.4, -0.2) is 44.0 Å². The molecule has 4 heterocycles. The lowest BCUT2D eigenvalue weighted by atomic mass is 9.97. The third-order valence-electron chi connectivity index (χ3n) is 4.91. The molecule has 0 radical (unpaired) electrons. The van der Waals surface area contributed by atoms with Crippen molar-refractivity contribution >= 4 is 17.4 Å². The second-order valence-electron chi connectivity index (χ2n) is 7.10. The van der Waals surface area contributed by atoms with Gasteiger partial charge in [-0.3, -0.25) is 9.78 Å². The number of anilines is 2. The summed E-state index contributed by atoms with van der Waals surface area (Å²) in [5, 5.41) is 16.1. The number of hydrogen-bond donors (Lipinski definition) is 1. The van der Waals surface area contributed by atoms with Gasteiger partial charge in [-0.05, 0) is 57.0 Å². The Balaban J connectivity index is 1.44. The molecular weight excluding hydrogens is 354 g/mol. The Morgan fingerprint density at radius 1 is 1.18 bits per heavy atom. The van der Waals surface area contributed by atoms with Gasteiger partial charge in [0.05, 0.1) is 23.5 Å². The highest BCUT2D eigenvalue weighted by Gasteiger charge is 2.27. The number of aromatic nitrogens is 5. The first kappa shape index (κ1) is 18.1. The third kappa shape index (κ3) is 3.85. The van der Waals surface area contributed by atoms with E-state index in [4.69, 9.17) is 0 Å². The second kappa shape index (κ2) is 7.75. The lowest BCUT2D eigenvalue weighted by molar-refractivity contribution is -0.120. The topological polar surface area (TPSA) is 88.8 Å². The molecule has 0 spiro atoms. The largest absolute Gasteiger partial charge is 0.354 e. The SMILES string of the molecule is Cc1cc(C)n(-c2ccc(N3CCCC(C(=O)Nc4cccnc4)C3)nn2)n1. The first-order valence-corrected chi connectivity index (χ1v) is 9.43. The van der Waals surface area contributed by atoms with Gasteiger partial charge in [-0.2, -0.15) is 5.10 Å². The van der Waals surface area contributed by atoms with Crippen LogP contribution in [0, 0.1) is 19.8 Å². The Kier molecular flexibility index (Phi) is 5.01. The predicted molar refractivity (Wildman–Crippen MR) is 106 cm³/mol. The number of nitrogens with one attached hydrogen (secondary N) is 1. The second-order valence-corrected chi connectivity index (χ2v) is 7.10. The van der Waals surface area contributed by atoms with Crippen LogP contribution in [0.15, 0.2) is 42.7 Å². The summed E-state index contributed by atoms with van der Waals surface area (Å²) >= 11 is 0. The smallest absolute Gasteiger partial charge is 0.229 e. The lowest BCUT2D eigenvalue weighted by Crippen LogP contribution is -2.41. The number of carbonyl (C=O) groups is 1. The quantitative estimate of drug-likeness (QED) is 0.752. The molecule has 144 valence electrons. The monoisotopic (exact) mass is 377 g/mol. The fraction of sp³-hybridized carbons (Fsp3) is 0.350. The summed E-state index contributed by atoms with van der Waals surface area (Å²) in [4.78, 5) is 18.8. The van der Waals surface area contributed by atoms with E-state index in [0.717, 1.165) is 42.3 Å². The van der Waals surface area contributed by atoms with Gasteiger partial charge in [0.2, 0.25) is 5.91 Å². The van der Waals surface area contributed by atoms with Crippen LogP contribution >= 0.6 is 0 Å². The number of amides is 1. The summed E-state index contributed by atoms with van der Waals surface area (Å²) in [7, 11) is 0. The standard InChI is InChI=1S/C20H23N7O/c1-14-11-15(2)27(25-14)19-8-7-18(23-24-19)26-10-4-5-16(13-26)20(28)22-17-6-3-9-21-12-17/h3,6-9,11-12,16H,4-5,10,13H2,1-2H3,(H,22,28). The summed E-state index contributed by atoms with van der Waals surface area (Å²) < 4.78 is 1.78. The van der Waals surface area contributed by atoms with Gasteiger partial charge in [-0.1, -0.05) is 0 Å². The average Bonchev–Trinajstić information content (AvgIpc) is 3.07. The molecule has 1 aliphatic heterocycles. The Bertz CT molecular complexity index is 952. The first-order chi connectivity index (χ1) is 13.6. The van der Waals surface area contributed by atoms with Crippen molar-refractivity contribution in [3.05, 3.63) is 54.1 Å². The zero-order valence-electron chi connectivity index (χ0n) is 16.0. The van der Waals surface area contributed by atoms with E-state index in [-0.39, 0.29) is 11.8 Å². The highest BCUT2D eigenvalue weighted by atomic mass is 16.1. The van der Waals surface area contributed by atoms with Crippen LogP contribution in [0.5, 0.6) is 0 Å². The van der Waals surface area contributed by atoms with Crippen LogP contribution in [0.2, 0.25) is 0 Å². The first-order valence-electron chi connectivity index (χ1n) is 9.43. The highest BCUT2D eigenvalue weighted by molar-refractivity contribution is 5.92. The molecule has 1 amide bonds. The van der Waals surface area contributed by atoms with Crippen molar-refractivity contribution in [2.75, 3.05) is 23.3 Å². The molecule has 1 aliphatic rings. The molecular formula is C20H23N7O. The molecule has 28 heavy (non-hydrogen) atoms. The molecule has 8 nitrogen and oxygen atoms in total. The fourth-order valence-corrected chi connectivity index (χ4v) is 3.54. The number of hydrogen-bond acceptors (Lipinski definition) is 6. The van der Waals surface area contributed by atoms with Crippen LogP contribution in [0.1, 0.15) is 24.2 Å². The van der Waals surface area contributed by atoms with Crippen molar-refractivity contribution < 1.29 is 4.79 Å². The van der Waals surface area contributed by atoms with Gasteiger partial charge in [0, 0.05) is 25.0 Å². The molecule has 8 heteroatoms. The maximum absolute atomic E-state index is 12.6. The van der Waals surface area contributed by atoms with Crippen molar-refractivity contribution in [3.8, 4) is 5.82 Å². The van der Waals surface area contributed by atoms with Crippen molar-refractivity contribution in [2.24, 2.45) is 5.92 Å². The maximum Gasteiger partial charge on any atom is 0.229 e. The van der Waals surface area contributed by atoms with Crippen LogP contribution < -0.4 is 10.2 Å². The molecule has 0 aliphatic carbocycles. The van der Waals surface area contributed by atoms with E-state index in [0.29, 0.717) is 12.4 Å². The number of aryl methyl sites for hydroxylation is 2. The van der Waals surface area contributed by atoms with E-state index in [2.05, 4.69) is 30.5 Å². The van der Waals surface area contributed by atoms with Gasteiger partial charge in [0.1, 0.15) is 0 Å². The molecule has 1 fully saturated rings. The van der Waals surface area contributed by atoms with Gasteiger partial charge in [-0.15, -0.1) is 10.2 Å². The molecule has 1 saturated heterocycles. The molecule has 4 rings (SSSR count). The molecule has 0 bridgehead atoms. The lowest BCUT2D eigenvalue weighted by Gasteiger charge is -2.32. The number of pyridine rings is 1. The van der Waals surface area contributed by atoms with Crippen molar-refractivity contribution in [1.29, 1.82) is 0 Å². The van der Waals surface area contributed by atoms with Crippen LogP contribution in [0.4, 0.5) is 11.5 Å². The van der Waals surface area contributed by atoms with E-state index in [1.807, 2.05) is 44.2 Å². The highest BCUT2D eigenvalue weighted by Crippen LogP contribution is 2.23. The van der Waals surface area contributed by atoms with E-state index >= 15 is 0 Å². The van der Waals surface area contributed by atoms with Crippen molar-refractivity contribution in [1.82, 2.24) is 25.0 Å². The molecule has 0 saturated carbocycles. The number of carbonyl (C=O) groups excluding carboxylic acids is 1. The fourth-order valence-electron chi connectivity index (χ4n) is 3.54. The van der Waals surface area contributed by atoms with Crippen LogP contribution in [0.25, 0.3) is 5.82 Å². The summed E-state index contributed by atoms with van der Waals surface area (Å²) in [6.07, 6.45) is 5.14. The molecule has 3 aromatic rings. The Hall–Kier alpha value is -3.29. The summed E-state index contributed by atoms with van der Waals surface area (Å²) in [6.45, 7) is 5.44. The van der Waals surface area contributed by atoms with Crippen LogP contribution in [-0.2, 0) is 4.79 Å². The van der Waals surface area contributed by atoms with Gasteiger partial charge in [0.15, 0.2) is 11.6 Å². The summed E-state index contributed by atoms with van der Waals surface area (Å²) in [5.41, 5.74) is 2.69. The van der Waals surface area contributed by atoms with Gasteiger partial charge < -0.3 is 10.2 Å². The molecule has 1 N–H and O–H groups in total. The molecule has 0 aromatic carbocycles. The Morgan fingerprint density at radius 3 is 2.68 bits per heavy atom. The molecule has 1 atom stereocenters. The number of piperidine rings is 1. The zero-order chi connectivity index (χ0) is 19.5. The van der Waals surface area contributed by atoms with Gasteiger partial charge >= 0.3 is 0 Å². The van der Waals surface area contributed by atoms with E-state index < -0.39 is 0 Å². The maximum atomic E-state index is 12.6. The molecule has 1 unspecified atom stereocenters. The van der Waals surface area contributed by atoms with Crippen LogP contribution in [0.3, 0.4) is 0 Å². The Labute approximate surface area is 163 Å². The van der Waals surface area contributed by atoms with Gasteiger partial charge in [0.25, 0.3) is 0 Å². The van der Waals surface area contributed by atoms with E-state index in [1.165, 1.54) is 0 Å². The van der Waals surface area contributed by atoms with Gasteiger partial charge in [-0.25, -0.2) is 4.68 Å². The third-order valence-corrected chi connectivity index (χ3v) is 4.91. The predicted octanol–water partition coefficient (Wildman–Crippen LogP) is 2.53. The molecule has 3 aromatic heterocycles. The Morgan fingerprint density at radius 2 is 2.00 bits per heavy atom.